The minimum absolute atomic E-state index is 0.0240. The van der Waals surface area contributed by atoms with Crippen LogP contribution in [0.1, 0.15) is 23.9 Å². The monoisotopic (exact) mass is 281 g/mol. The van der Waals surface area contributed by atoms with Crippen molar-refractivity contribution in [1.82, 2.24) is 10.3 Å². The highest BCUT2D eigenvalue weighted by Gasteiger charge is 2.34. The second kappa shape index (κ2) is 5.56. The lowest BCUT2D eigenvalue weighted by molar-refractivity contribution is -0.120. The number of amides is 1. The van der Waals surface area contributed by atoms with E-state index < -0.39 is 0 Å². The van der Waals surface area contributed by atoms with E-state index in [0.29, 0.717) is 13.2 Å². The summed E-state index contributed by atoms with van der Waals surface area (Å²) in [5.41, 5.74) is 1.17. The molecule has 19 heavy (non-hydrogen) atoms. The highest BCUT2D eigenvalue weighted by Crippen LogP contribution is 2.30. The van der Waals surface area contributed by atoms with Gasteiger partial charge in [0.05, 0.1) is 24.8 Å². The lowest BCUT2D eigenvalue weighted by atomic mass is 10.0. The molecule has 5 nitrogen and oxygen atoms in total. The SMILES string of the molecule is CCNC1COCC1C(=O)Nc1nc2c(s1)CCC2. The van der Waals surface area contributed by atoms with Gasteiger partial charge in [-0.05, 0) is 25.8 Å². The van der Waals surface area contributed by atoms with E-state index in [2.05, 4.69) is 15.6 Å². The van der Waals surface area contributed by atoms with E-state index in [-0.39, 0.29) is 17.9 Å². The van der Waals surface area contributed by atoms with Crippen molar-refractivity contribution >= 4 is 22.4 Å². The van der Waals surface area contributed by atoms with Gasteiger partial charge in [0.15, 0.2) is 5.13 Å². The molecule has 1 fully saturated rings. The van der Waals surface area contributed by atoms with Gasteiger partial charge in [0, 0.05) is 10.9 Å². The zero-order valence-electron chi connectivity index (χ0n) is 11.1. The maximum atomic E-state index is 12.3. The highest BCUT2D eigenvalue weighted by molar-refractivity contribution is 7.15. The summed E-state index contributed by atoms with van der Waals surface area (Å²) in [6.45, 7) is 4.00. The van der Waals surface area contributed by atoms with Gasteiger partial charge in [0.25, 0.3) is 0 Å². The molecule has 3 rings (SSSR count). The Balaban J connectivity index is 1.63. The molecule has 2 N–H and O–H groups in total. The Labute approximate surface area is 116 Å². The van der Waals surface area contributed by atoms with Gasteiger partial charge in [0.2, 0.25) is 5.91 Å². The Kier molecular flexibility index (Phi) is 3.81. The molecule has 2 unspecified atom stereocenters. The average molecular weight is 281 g/mol. The molecule has 0 spiro atoms. The summed E-state index contributed by atoms with van der Waals surface area (Å²) in [4.78, 5) is 18.1. The van der Waals surface area contributed by atoms with Gasteiger partial charge in [-0.1, -0.05) is 6.92 Å². The maximum Gasteiger partial charge on any atom is 0.233 e. The van der Waals surface area contributed by atoms with Gasteiger partial charge in [-0.3, -0.25) is 4.79 Å². The topological polar surface area (TPSA) is 63.2 Å². The minimum Gasteiger partial charge on any atom is -0.379 e. The summed E-state index contributed by atoms with van der Waals surface area (Å²) in [5.74, 6) is -0.0884. The fraction of sp³-hybridized carbons (Fsp3) is 0.692. The molecule has 0 saturated carbocycles. The van der Waals surface area contributed by atoms with Crippen LogP contribution in [0.25, 0.3) is 0 Å². The molecule has 6 heteroatoms. The number of carbonyl (C=O) groups excluding carboxylic acids is 1. The Hall–Kier alpha value is -0.980. The predicted molar refractivity (Wildman–Crippen MR) is 74.5 cm³/mol. The van der Waals surface area contributed by atoms with Crippen LogP contribution in [-0.4, -0.2) is 36.7 Å². The number of anilines is 1. The van der Waals surface area contributed by atoms with E-state index in [1.807, 2.05) is 6.92 Å². The third kappa shape index (κ3) is 2.66. The Bertz CT molecular complexity index is 453. The summed E-state index contributed by atoms with van der Waals surface area (Å²) in [6, 6.07) is 0.122. The number of rotatable bonds is 4. The zero-order valence-corrected chi connectivity index (χ0v) is 11.9. The van der Waals surface area contributed by atoms with E-state index in [0.717, 1.165) is 24.5 Å². The normalized spacial score (nSPS) is 25.5. The molecule has 104 valence electrons. The summed E-state index contributed by atoms with van der Waals surface area (Å²) in [5, 5.41) is 6.99. The second-order valence-corrected chi connectivity index (χ2v) is 6.12. The number of hydrogen-bond donors (Lipinski definition) is 2. The molecule has 2 atom stereocenters. The number of thiazole rings is 1. The molecular weight excluding hydrogens is 262 g/mol. The molecule has 1 aliphatic carbocycles. The second-order valence-electron chi connectivity index (χ2n) is 5.04. The molecule has 0 radical (unpaired) electrons. The molecule has 0 bridgehead atoms. The third-order valence-corrected chi connectivity index (χ3v) is 4.78. The first kappa shape index (κ1) is 13.0. The molecule has 0 aromatic carbocycles. The number of carbonyl (C=O) groups is 1. The van der Waals surface area contributed by atoms with Crippen LogP contribution in [0.15, 0.2) is 0 Å². The van der Waals surface area contributed by atoms with Crippen molar-refractivity contribution in [2.45, 2.75) is 32.2 Å². The Morgan fingerprint density at radius 3 is 3.16 bits per heavy atom. The lowest BCUT2D eigenvalue weighted by Gasteiger charge is -2.16. The first-order valence-corrected chi connectivity index (χ1v) is 7.70. The van der Waals surface area contributed by atoms with Crippen LogP contribution < -0.4 is 10.6 Å². The molecular formula is C13H19N3O2S. The standard InChI is InChI=1S/C13H19N3O2S/c1-2-14-10-7-18-6-8(10)12(17)16-13-15-9-4-3-5-11(9)19-13/h8,10,14H,2-7H2,1H3,(H,15,16,17). The summed E-state index contributed by atoms with van der Waals surface area (Å²) in [7, 11) is 0. The van der Waals surface area contributed by atoms with E-state index >= 15 is 0 Å². The number of hydrogen-bond acceptors (Lipinski definition) is 5. The molecule has 1 saturated heterocycles. The number of aryl methyl sites for hydroxylation is 2. The largest absolute Gasteiger partial charge is 0.379 e. The fourth-order valence-corrected chi connectivity index (χ4v) is 3.77. The van der Waals surface area contributed by atoms with Gasteiger partial charge in [0.1, 0.15) is 0 Å². The molecule has 2 heterocycles. The Morgan fingerprint density at radius 1 is 1.47 bits per heavy atom. The summed E-state index contributed by atoms with van der Waals surface area (Å²) in [6.07, 6.45) is 3.35. The van der Waals surface area contributed by atoms with E-state index in [1.54, 1.807) is 11.3 Å². The molecule has 1 aliphatic heterocycles. The number of likely N-dealkylation sites (N-methyl/N-ethyl adjacent to an activating group) is 1. The van der Waals surface area contributed by atoms with Crippen molar-refractivity contribution in [3.8, 4) is 0 Å². The number of fused-ring (bicyclic) bond motifs is 1. The number of ether oxygens (including phenoxy) is 1. The average Bonchev–Trinajstić information content (AvgIpc) is 3.03. The summed E-state index contributed by atoms with van der Waals surface area (Å²) < 4.78 is 5.40. The van der Waals surface area contributed by atoms with Crippen molar-refractivity contribution < 1.29 is 9.53 Å². The van der Waals surface area contributed by atoms with Crippen LogP contribution in [0.5, 0.6) is 0 Å². The van der Waals surface area contributed by atoms with Gasteiger partial charge < -0.3 is 15.4 Å². The van der Waals surface area contributed by atoms with Crippen LogP contribution in [0, 0.1) is 5.92 Å². The highest BCUT2D eigenvalue weighted by atomic mass is 32.1. The Morgan fingerprint density at radius 2 is 2.37 bits per heavy atom. The van der Waals surface area contributed by atoms with E-state index in [4.69, 9.17) is 4.74 Å². The van der Waals surface area contributed by atoms with Crippen molar-refractivity contribution in [2.75, 3.05) is 25.1 Å². The first-order valence-electron chi connectivity index (χ1n) is 6.88. The maximum absolute atomic E-state index is 12.3. The van der Waals surface area contributed by atoms with Crippen LogP contribution >= 0.6 is 11.3 Å². The quantitative estimate of drug-likeness (QED) is 0.870. The third-order valence-electron chi connectivity index (χ3n) is 3.71. The van der Waals surface area contributed by atoms with Crippen LogP contribution in [0.4, 0.5) is 5.13 Å². The number of nitrogens with zero attached hydrogens (tertiary/aromatic N) is 1. The van der Waals surface area contributed by atoms with Gasteiger partial charge in [-0.15, -0.1) is 11.3 Å². The smallest absolute Gasteiger partial charge is 0.233 e. The van der Waals surface area contributed by atoms with Gasteiger partial charge in [-0.25, -0.2) is 4.98 Å². The van der Waals surface area contributed by atoms with E-state index in [9.17, 15) is 4.79 Å². The molecule has 1 aromatic rings. The fourth-order valence-electron chi connectivity index (χ4n) is 2.72. The van der Waals surface area contributed by atoms with Crippen LogP contribution in [-0.2, 0) is 22.4 Å². The van der Waals surface area contributed by atoms with Crippen molar-refractivity contribution in [3.05, 3.63) is 10.6 Å². The molecule has 1 aromatic heterocycles. The van der Waals surface area contributed by atoms with Gasteiger partial charge >= 0.3 is 0 Å². The number of aromatic nitrogens is 1. The van der Waals surface area contributed by atoms with Crippen molar-refractivity contribution in [2.24, 2.45) is 5.92 Å². The van der Waals surface area contributed by atoms with E-state index in [1.165, 1.54) is 17.0 Å². The minimum atomic E-state index is -0.112. The zero-order chi connectivity index (χ0) is 13.2. The molecule has 1 amide bonds. The lowest BCUT2D eigenvalue weighted by Crippen LogP contribution is -2.41. The predicted octanol–water partition coefficient (Wildman–Crippen LogP) is 1.19. The van der Waals surface area contributed by atoms with Crippen molar-refractivity contribution in [3.63, 3.8) is 0 Å². The number of nitrogens with one attached hydrogen (secondary N) is 2. The van der Waals surface area contributed by atoms with Gasteiger partial charge in [-0.2, -0.15) is 0 Å². The van der Waals surface area contributed by atoms with Crippen molar-refractivity contribution in [1.29, 1.82) is 0 Å². The van der Waals surface area contributed by atoms with Crippen LogP contribution in [0.3, 0.4) is 0 Å². The van der Waals surface area contributed by atoms with Crippen LogP contribution in [0.2, 0.25) is 0 Å². The molecule has 2 aliphatic rings. The summed E-state index contributed by atoms with van der Waals surface area (Å²) >= 11 is 1.62. The first-order chi connectivity index (χ1) is 9.28.